The molecular weight excluding hydrogens is 298 g/mol. The van der Waals surface area contributed by atoms with Gasteiger partial charge in [-0.15, -0.1) is 0 Å². The lowest BCUT2D eigenvalue weighted by molar-refractivity contribution is -0.142. The van der Waals surface area contributed by atoms with Crippen molar-refractivity contribution in [2.75, 3.05) is 0 Å². The molecule has 1 N–H and O–H groups in total. The van der Waals surface area contributed by atoms with E-state index in [9.17, 15) is 9.59 Å². The maximum absolute atomic E-state index is 12.2. The number of carboxylic acid groups (broad SMARTS) is 1. The fourth-order valence-corrected chi connectivity index (χ4v) is 2.45. The summed E-state index contributed by atoms with van der Waals surface area (Å²) >= 11 is 17.6. The molecule has 6 heteroatoms. The van der Waals surface area contributed by atoms with Gasteiger partial charge in [-0.1, -0.05) is 48.7 Å². The lowest BCUT2D eigenvalue weighted by atomic mass is 9.88. The highest BCUT2D eigenvalue weighted by molar-refractivity contribution is 6.42. The van der Waals surface area contributed by atoms with Crippen molar-refractivity contribution in [1.82, 2.24) is 0 Å². The minimum atomic E-state index is -1.04. The van der Waals surface area contributed by atoms with Crippen molar-refractivity contribution in [3.63, 3.8) is 0 Å². The number of rotatable bonds is 4. The van der Waals surface area contributed by atoms with Crippen LogP contribution in [0.3, 0.4) is 0 Å². The Morgan fingerprint density at radius 2 is 1.50 bits per heavy atom. The van der Waals surface area contributed by atoms with Crippen molar-refractivity contribution in [2.45, 2.75) is 13.8 Å². The van der Waals surface area contributed by atoms with Crippen LogP contribution in [0.5, 0.6) is 0 Å². The van der Waals surface area contributed by atoms with E-state index < -0.39 is 23.6 Å². The molecule has 0 aliphatic carbocycles. The SMILES string of the molecule is CC(C(=O)O)C(C)C(=O)c1c(Cl)cc(Cl)cc1Cl. The zero-order chi connectivity index (χ0) is 14.0. The van der Waals surface area contributed by atoms with Crippen LogP contribution in [0, 0.1) is 11.8 Å². The minimum Gasteiger partial charge on any atom is -0.481 e. The highest BCUT2D eigenvalue weighted by Gasteiger charge is 2.29. The zero-order valence-electron chi connectivity index (χ0n) is 9.71. The molecule has 98 valence electrons. The molecule has 0 radical (unpaired) electrons. The first-order valence-electron chi connectivity index (χ1n) is 5.17. The van der Waals surface area contributed by atoms with Gasteiger partial charge in [0.2, 0.25) is 0 Å². The van der Waals surface area contributed by atoms with Gasteiger partial charge in [-0.3, -0.25) is 9.59 Å². The average molecular weight is 310 g/mol. The summed E-state index contributed by atoms with van der Waals surface area (Å²) in [5, 5.41) is 9.47. The third-order valence-corrected chi connectivity index (χ3v) is 3.62. The van der Waals surface area contributed by atoms with E-state index in [-0.39, 0.29) is 15.6 Å². The Hall–Kier alpha value is -0.770. The molecule has 0 aliphatic heterocycles. The number of aliphatic carboxylic acids is 1. The van der Waals surface area contributed by atoms with E-state index >= 15 is 0 Å². The number of benzene rings is 1. The van der Waals surface area contributed by atoms with Gasteiger partial charge in [-0.05, 0) is 12.1 Å². The Bertz CT molecular complexity index is 476. The number of carbonyl (C=O) groups is 2. The third kappa shape index (κ3) is 3.16. The molecule has 1 aromatic carbocycles. The summed E-state index contributed by atoms with van der Waals surface area (Å²) in [6, 6.07) is 2.81. The van der Waals surface area contributed by atoms with Gasteiger partial charge in [-0.2, -0.15) is 0 Å². The first-order valence-corrected chi connectivity index (χ1v) is 6.30. The smallest absolute Gasteiger partial charge is 0.306 e. The van der Waals surface area contributed by atoms with Crippen molar-refractivity contribution < 1.29 is 14.7 Å². The summed E-state index contributed by atoms with van der Waals surface area (Å²) in [7, 11) is 0. The Labute approximate surface area is 120 Å². The predicted octanol–water partition coefficient (Wildman–Crippen LogP) is 4.19. The van der Waals surface area contributed by atoms with Gasteiger partial charge in [0.25, 0.3) is 0 Å². The van der Waals surface area contributed by atoms with Gasteiger partial charge in [0, 0.05) is 10.9 Å². The lowest BCUT2D eigenvalue weighted by Crippen LogP contribution is -2.25. The van der Waals surface area contributed by atoms with Crippen LogP contribution >= 0.6 is 34.8 Å². The van der Waals surface area contributed by atoms with Crippen molar-refractivity contribution in [3.8, 4) is 0 Å². The summed E-state index contributed by atoms with van der Waals surface area (Å²) in [5.41, 5.74) is 0.114. The molecule has 0 saturated heterocycles. The van der Waals surface area contributed by atoms with Gasteiger partial charge in [-0.25, -0.2) is 0 Å². The average Bonchev–Trinajstić information content (AvgIpc) is 2.25. The molecule has 0 fully saturated rings. The van der Waals surface area contributed by atoms with E-state index in [0.717, 1.165) is 0 Å². The third-order valence-electron chi connectivity index (χ3n) is 2.81. The number of carbonyl (C=O) groups excluding carboxylic acids is 1. The Morgan fingerprint density at radius 3 is 1.89 bits per heavy atom. The van der Waals surface area contributed by atoms with Crippen LogP contribution in [0.15, 0.2) is 12.1 Å². The predicted molar refractivity (Wildman–Crippen MR) is 71.8 cm³/mol. The first kappa shape index (κ1) is 15.3. The lowest BCUT2D eigenvalue weighted by Gasteiger charge is -2.16. The topological polar surface area (TPSA) is 54.4 Å². The molecule has 3 nitrogen and oxygen atoms in total. The van der Waals surface area contributed by atoms with Crippen LogP contribution in [0.1, 0.15) is 24.2 Å². The normalized spacial score (nSPS) is 14.1. The van der Waals surface area contributed by atoms with Gasteiger partial charge in [0.1, 0.15) is 0 Å². The number of hydrogen-bond acceptors (Lipinski definition) is 2. The second-order valence-corrected chi connectivity index (χ2v) is 5.28. The molecule has 0 saturated carbocycles. The maximum Gasteiger partial charge on any atom is 0.306 e. The molecule has 2 unspecified atom stereocenters. The second-order valence-electron chi connectivity index (χ2n) is 4.02. The monoisotopic (exact) mass is 308 g/mol. The van der Waals surface area contributed by atoms with E-state index in [1.165, 1.54) is 26.0 Å². The molecule has 1 rings (SSSR count). The molecule has 0 aromatic heterocycles. The van der Waals surface area contributed by atoms with Crippen LogP contribution in [-0.4, -0.2) is 16.9 Å². The fourth-order valence-electron chi connectivity index (χ4n) is 1.45. The Morgan fingerprint density at radius 1 is 1.06 bits per heavy atom. The van der Waals surface area contributed by atoms with E-state index in [2.05, 4.69) is 0 Å². The van der Waals surface area contributed by atoms with E-state index in [4.69, 9.17) is 39.9 Å². The van der Waals surface area contributed by atoms with E-state index in [1.807, 2.05) is 0 Å². The summed E-state index contributed by atoms with van der Waals surface area (Å²) in [6.45, 7) is 2.99. The van der Waals surface area contributed by atoms with Gasteiger partial charge in [0.05, 0.1) is 21.5 Å². The van der Waals surface area contributed by atoms with E-state index in [0.29, 0.717) is 5.02 Å². The number of hydrogen-bond donors (Lipinski definition) is 1. The molecule has 0 heterocycles. The van der Waals surface area contributed by atoms with Gasteiger partial charge >= 0.3 is 5.97 Å². The summed E-state index contributed by atoms with van der Waals surface area (Å²) < 4.78 is 0. The highest BCUT2D eigenvalue weighted by atomic mass is 35.5. The minimum absolute atomic E-state index is 0.114. The molecule has 1 aromatic rings. The quantitative estimate of drug-likeness (QED) is 0.849. The molecule has 2 atom stereocenters. The van der Waals surface area contributed by atoms with Crippen molar-refractivity contribution in [1.29, 1.82) is 0 Å². The second kappa shape index (κ2) is 5.91. The van der Waals surface area contributed by atoms with Crippen LogP contribution < -0.4 is 0 Å². The number of halogens is 3. The number of carboxylic acids is 1. The Balaban J connectivity index is 3.16. The van der Waals surface area contributed by atoms with Crippen molar-refractivity contribution in [2.24, 2.45) is 11.8 Å². The first-order chi connectivity index (χ1) is 8.25. The van der Waals surface area contributed by atoms with Crippen molar-refractivity contribution in [3.05, 3.63) is 32.8 Å². The molecule has 0 amide bonds. The number of Topliss-reactive ketones (excluding diaryl/α,β-unsaturated/α-hetero) is 1. The summed E-state index contributed by atoms with van der Waals surface area (Å²) in [6.07, 6.45) is 0. The molecular formula is C12H11Cl3O3. The number of ketones is 1. The molecule has 0 aliphatic rings. The van der Waals surface area contributed by atoms with Crippen LogP contribution in [-0.2, 0) is 4.79 Å². The zero-order valence-corrected chi connectivity index (χ0v) is 12.0. The fraction of sp³-hybridized carbons (Fsp3) is 0.333. The van der Waals surface area contributed by atoms with E-state index in [1.54, 1.807) is 0 Å². The molecule has 18 heavy (non-hydrogen) atoms. The van der Waals surface area contributed by atoms with Crippen molar-refractivity contribution >= 4 is 46.6 Å². The van der Waals surface area contributed by atoms with Crippen LogP contribution in [0.4, 0.5) is 0 Å². The largest absolute Gasteiger partial charge is 0.481 e. The van der Waals surface area contributed by atoms with Crippen LogP contribution in [0.25, 0.3) is 0 Å². The summed E-state index contributed by atoms with van der Waals surface area (Å²) in [5.74, 6) is -2.99. The van der Waals surface area contributed by atoms with Crippen LogP contribution in [0.2, 0.25) is 15.1 Å². The molecule has 0 bridgehead atoms. The van der Waals surface area contributed by atoms with Gasteiger partial charge in [0.15, 0.2) is 5.78 Å². The van der Waals surface area contributed by atoms with Gasteiger partial charge < -0.3 is 5.11 Å². The molecule has 0 spiro atoms. The maximum atomic E-state index is 12.2. The standard InChI is InChI=1S/C12H11Cl3O3/c1-5(6(2)12(17)18)11(16)10-8(14)3-7(13)4-9(10)15/h3-6H,1-2H3,(H,17,18). The summed E-state index contributed by atoms with van der Waals surface area (Å²) in [4.78, 5) is 23.0. The Kier molecular flexibility index (Phi) is 5.02. The highest BCUT2D eigenvalue weighted by Crippen LogP contribution is 2.32.